The average Bonchev–Trinajstić information content (AvgIpc) is 2.70. The first kappa shape index (κ1) is 13.0. The molecule has 0 spiro atoms. The van der Waals surface area contributed by atoms with Crippen molar-refractivity contribution in [1.82, 2.24) is 9.88 Å². The molecule has 1 unspecified atom stereocenters. The molecule has 1 heterocycles. The fourth-order valence-electron chi connectivity index (χ4n) is 1.41. The Bertz CT molecular complexity index is 351. The van der Waals surface area contributed by atoms with Gasteiger partial charge in [0.15, 0.2) is 0 Å². The van der Waals surface area contributed by atoms with E-state index >= 15 is 0 Å². The molecule has 1 aromatic rings. The minimum Gasteiger partial charge on any atom is -0.397 e. The summed E-state index contributed by atoms with van der Waals surface area (Å²) >= 11 is 1.79. The lowest BCUT2D eigenvalue weighted by atomic mass is 10.2. The minimum absolute atomic E-state index is 0.00898. The summed E-state index contributed by atoms with van der Waals surface area (Å²) in [6, 6.07) is 1.91. The predicted molar refractivity (Wildman–Crippen MR) is 69.8 cm³/mol. The van der Waals surface area contributed by atoms with E-state index in [-0.39, 0.29) is 11.9 Å². The van der Waals surface area contributed by atoms with Crippen LogP contribution in [0, 0.1) is 0 Å². The van der Waals surface area contributed by atoms with Crippen molar-refractivity contribution in [3.05, 3.63) is 18.0 Å². The lowest BCUT2D eigenvalue weighted by Gasteiger charge is -2.24. The Balaban J connectivity index is 2.59. The molecule has 90 valence electrons. The third-order valence-electron chi connectivity index (χ3n) is 2.66. The fourth-order valence-corrected chi connectivity index (χ4v) is 1.98. The molecule has 0 aromatic carbocycles. The maximum atomic E-state index is 12.0. The summed E-state index contributed by atoms with van der Waals surface area (Å²) in [5.74, 6) is 1.05. The molecular weight excluding hydrogens is 222 g/mol. The lowest BCUT2D eigenvalue weighted by Crippen LogP contribution is -2.35. The fraction of sp³-hybridized carbons (Fsp3) is 0.545. The van der Waals surface area contributed by atoms with Gasteiger partial charge in [-0.1, -0.05) is 0 Å². The molecule has 3 N–H and O–H groups in total. The lowest BCUT2D eigenvalue weighted by molar-refractivity contribution is 0.0736. The number of nitrogens with zero attached hydrogens (tertiary/aromatic N) is 1. The van der Waals surface area contributed by atoms with E-state index in [1.807, 2.05) is 7.05 Å². The highest BCUT2D eigenvalue weighted by Gasteiger charge is 2.18. The number of hydrogen-bond acceptors (Lipinski definition) is 3. The van der Waals surface area contributed by atoms with E-state index in [2.05, 4.69) is 18.2 Å². The van der Waals surface area contributed by atoms with Crippen LogP contribution >= 0.6 is 11.8 Å². The van der Waals surface area contributed by atoms with Gasteiger partial charge in [0.25, 0.3) is 5.91 Å². The van der Waals surface area contributed by atoms with Crippen molar-refractivity contribution >= 4 is 23.4 Å². The van der Waals surface area contributed by atoms with E-state index in [1.54, 1.807) is 28.9 Å². The molecule has 4 nitrogen and oxygen atoms in total. The van der Waals surface area contributed by atoms with Gasteiger partial charge in [0.1, 0.15) is 5.69 Å². The zero-order chi connectivity index (χ0) is 12.1. The van der Waals surface area contributed by atoms with Crippen molar-refractivity contribution < 1.29 is 4.79 Å². The quantitative estimate of drug-likeness (QED) is 0.826. The highest BCUT2D eigenvalue weighted by atomic mass is 32.2. The molecule has 0 radical (unpaired) electrons. The Kier molecular flexibility index (Phi) is 4.73. The Labute approximate surface area is 101 Å². The van der Waals surface area contributed by atoms with Gasteiger partial charge in [-0.2, -0.15) is 11.8 Å². The maximum absolute atomic E-state index is 12.0. The molecule has 0 fully saturated rings. The third kappa shape index (κ3) is 3.20. The number of H-pyrrole nitrogens is 1. The van der Waals surface area contributed by atoms with Crippen molar-refractivity contribution in [2.24, 2.45) is 0 Å². The van der Waals surface area contributed by atoms with E-state index in [1.165, 1.54) is 0 Å². The van der Waals surface area contributed by atoms with Gasteiger partial charge in [-0.3, -0.25) is 4.79 Å². The third-order valence-corrected chi connectivity index (χ3v) is 3.30. The maximum Gasteiger partial charge on any atom is 0.270 e. The molecule has 0 saturated heterocycles. The number of nitrogens with two attached hydrogens (primary N) is 1. The number of carbonyl (C=O) groups is 1. The van der Waals surface area contributed by atoms with Crippen LogP contribution in [0.2, 0.25) is 0 Å². The summed E-state index contributed by atoms with van der Waals surface area (Å²) in [5, 5.41) is 0. The van der Waals surface area contributed by atoms with Crippen LogP contribution in [0.4, 0.5) is 5.69 Å². The molecule has 1 aromatic heterocycles. The number of rotatable bonds is 5. The van der Waals surface area contributed by atoms with Crippen LogP contribution in [0.3, 0.4) is 0 Å². The van der Waals surface area contributed by atoms with Crippen LogP contribution in [-0.4, -0.2) is 40.9 Å². The van der Waals surface area contributed by atoms with E-state index in [9.17, 15) is 4.79 Å². The Hall–Kier alpha value is -1.10. The SMILES string of the molecule is CSCCC(C)N(C)C(=O)c1cc(N)c[nH]1. The van der Waals surface area contributed by atoms with E-state index in [4.69, 9.17) is 5.73 Å². The molecular formula is C11H19N3OS. The van der Waals surface area contributed by atoms with Crippen LogP contribution in [0.25, 0.3) is 0 Å². The standard InChI is InChI=1S/C11H19N3OS/c1-8(4-5-16-3)14(2)11(15)10-6-9(12)7-13-10/h6-8,13H,4-5,12H2,1-3H3. The van der Waals surface area contributed by atoms with Crippen molar-refractivity contribution in [3.63, 3.8) is 0 Å². The van der Waals surface area contributed by atoms with E-state index in [0.717, 1.165) is 12.2 Å². The zero-order valence-electron chi connectivity index (χ0n) is 9.99. The van der Waals surface area contributed by atoms with Crippen molar-refractivity contribution in [3.8, 4) is 0 Å². The van der Waals surface area contributed by atoms with Gasteiger partial charge in [0.2, 0.25) is 0 Å². The number of nitrogen functional groups attached to an aromatic ring is 1. The highest BCUT2D eigenvalue weighted by molar-refractivity contribution is 7.98. The van der Waals surface area contributed by atoms with Crippen molar-refractivity contribution in [1.29, 1.82) is 0 Å². The number of carbonyl (C=O) groups excluding carboxylic acids is 1. The molecule has 1 rings (SSSR count). The summed E-state index contributed by atoms with van der Waals surface area (Å²) in [5.41, 5.74) is 6.71. The van der Waals surface area contributed by atoms with Gasteiger partial charge in [-0.25, -0.2) is 0 Å². The van der Waals surface area contributed by atoms with Crippen LogP contribution in [0.5, 0.6) is 0 Å². The molecule has 1 atom stereocenters. The largest absolute Gasteiger partial charge is 0.397 e. The molecule has 16 heavy (non-hydrogen) atoms. The Morgan fingerprint density at radius 2 is 2.38 bits per heavy atom. The van der Waals surface area contributed by atoms with Crippen molar-refractivity contribution in [2.45, 2.75) is 19.4 Å². The minimum atomic E-state index is -0.00898. The van der Waals surface area contributed by atoms with E-state index in [0.29, 0.717) is 11.4 Å². The first-order valence-corrected chi connectivity index (χ1v) is 6.65. The summed E-state index contributed by atoms with van der Waals surface area (Å²) in [7, 11) is 1.82. The number of thioether (sulfide) groups is 1. The first-order chi connectivity index (χ1) is 7.56. The topological polar surface area (TPSA) is 62.1 Å². The number of hydrogen-bond donors (Lipinski definition) is 2. The van der Waals surface area contributed by atoms with Gasteiger partial charge in [0.05, 0.1) is 0 Å². The van der Waals surface area contributed by atoms with Gasteiger partial charge in [-0.15, -0.1) is 0 Å². The van der Waals surface area contributed by atoms with Crippen LogP contribution in [-0.2, 0) is 0 Å². The number of nitrogens with one attached hydrogen (secondary N) is 1. The van der Waals surface area contributed by atoms with Crippen LogP contribution < -0.4 is 5.73 Å². The number of anilines is 1. The van der Waals surface area contributed by atoms with Gasteiger partial charge in [-0.05, 0) is 31.4 Å². The Morgan fingerprint density at radius 1 is 1.69 bits per heavy atom. The molecule has 0 aliphatic heterocycles. The number of amides is 1. The van der Waals surface area contributed by atoms with E-state index < -0.39 is 0 Å². The normalized spacial score (nSPS) is 12.4. The summed E-state index contributed by atoms with van der Waals surface area (Å²) in [6.45, 7) is 2.06. The number of aromatic amines is 1. The second kappa shape index (κ2) is 5.84. The molecule has 0 saturated carbocycles. The molecule has 0 aliphatic rings. The molecule has 5 heteroatoms. The van der Waals surface area contributed by atoms with Crippen LogP contribution in [0.1, 0.15) is 23.8 Å². The number of aromatic nitrogens is 1. The average molecular weight is 241 g/mol. The predicted octanol–water partition coefficient (Wildman–Crippen LogP) is 1.81. The molecule has 0 bridgehead atoms. The van der Waals surface area contributed by atoms with Gasteiger partial charge >= 0.3 is 0 Å². The van der Waals surface area contributed by atoms with Gasteiger partial charge < -0.3 is 15.6 Å². The highest BCUT2D eigenvalue weighted by Crippen LogP contribution is 2.12. The summed E-state index contributed by atoms with van der Waals surface area (Å²) in [6.07, 6.45) is 4.70. The van der Waals surface area contributed by atoms with Crippen molar-refractivity contribution in [2.75, 3.05) is 24.8 Å². The summed E-state index contributed by atoms with van der Waals surface area (Å²) < 4.78 is 0. The Morgan fingerprint density at radius 3 is 2.88 bits per heavy atom. The second-order valence-electron chi connectivity index (χ2n) is 3.89. The van der Waals surface area contributed by atoms with Gasteiger partial charge in [0, 0.05) is 25.0 Å². The molecule has 1 amide bonds. The van der Waals surface area contributed by atoms with Crippen LogP contribution in [0.15, 0.2) is 12.3 Å². The summed E-state index contributed by atoms with van der Waals surface area (Å²) in [4.78, 5) is 16.6. The molecule has 0 aliphatic carbocycles. The zero-order valence-corrected chi connectivity index (χ0v) is 10.8. The first-order valence-electron chi connectivity index (χ1n) is 5.26. The second-order valence-corrected chi connectivity index (χ2v) is 4.88. The monoisotopic (exact) mass is 241 g/mol. The smallest absolute Gasteiger partial charge is 0.270 e.